The van der Waals surface area contributed by atoms with E-state index in [0.29, 0.717) is 0 Å². The lowest BCUT2D eigenvalue weighted by molar-refractivity contribution is 0.581. The molecule has 7 heteroatoms. The van der Waals surface area contributed by atoms with Gasteiger partial charge in [-0.3, -0.25) is 4.98 Å². The van der Waals surface area contributed by atoms with Crippen LogP contribution in [0.5, 0.6) is 0 Å². The number of nitrogen functional groups attached to an aromatic ring is 1. The Hall–Kier alpha value is -1.44. The fraction of sp³-hybridized carbons (Fsp3) is 0.0833. The summed E-state index contributed by atoms with van der Waals surface area (Å²) in [6, 6.07) is 8.19. The molecule has 0 saturated heterocycles. The molecule has 2 rings (SSSR count). The van der Waals surface area contributed by atoms with E-state index in [9.17, 15) is 8.42 Å². The second-order valence-electron chi connectivity index (χ2n) is 3.87. The van der Waals surface area contributed by atoms with Gasteiger partial charge in [0.2, 0.25) is 10.0 Å². The first-order valence-corrected chi connectivity index (χ1v) is 7.70. The van der Waals surface area contributed by atoms with Gasteiger partial charge in [-0.15, -0.1) is 0 Å². The summed E-state index contributed by atoms with van der Waals surface area (Å²) < 4.78 is 27.4. The Balaban J connectivity index is 2.19. The van der Waals surface area contributed by atoms with Crippen LogP contribution in [0, 0.1) is 0 Å². The van der Waals surface area contributed by atoms with Gasteiger partial charge in [-0.2, -0.15) is 0 Å². The summed E-state index contributed by atoms with van der Waals surface area (Å²) in [6.07, 6.45) is 3.23. The molecule has 0 aliphatic heterocycles. The third-order valence-electron chi connectivity index (χ3n) is 2.45. The zero-order chi connectivity index (χ0) is 13.9. The van der Waals surface area contributed by atoms with Gasteiger partial charge in [-0.1, -0.05) is 22.0 Å². The number of halogens is 1. The van der Waals surface area contributed by atoms with Gasteiger partial charge in [-0.05, 0) is 29.8 Å². The highest BCUT2D eigenvalue weighted by Gasteiger charge is 2.17. The molecule has 3 N–H and O–H groups in total. The number of benzene rings is 1. The highest BCUT2D eigenvalue weighted by atomic mass is 79.9. The second kappa shape index (κ2) is 5.68. The van der Waals surface area contributed by atoms with Gasteiger partial charge in [0.25, 0.3) is 0 Å². The van der Waals surface area contributed by atoms with Crippen molar-refractivity contribution in [2.45, 2.75) is 11.4 Å². The molecular formula is C12H12BrN3O2S. The van der Waals surface area contributed by atoms with Crippen molar-refractivity contribution in [3.63, 3.8) is 0 Å². The molecule has 0 atom stereocenters. The third-order valence-corrected chi connectivity index (χ3v) is 4.42. The number of aromatic nitrogens is 1. The fourth-order valence-corrected chi connectivity index (χ4v) is 3.03. The lowest BCUT2D eigenvalue weighted by Crippen LogP contribution is -2.24. The van der Waals surface area contributed by atoms with E-state index in [-0.39, 0.29) is 17.1 Å². The van der Waals surface area contributed by atoms with Crippen LogP contribution in [0.15, 0.2) is 52.1 Å². The number of nitrogens with zero attached hydrogens (tertiary/aromatic N) is 1. The Kier molecular flexibility index (Phi) is 4.18. The molecule has 0 fully saturated rings. The van der Waals surface area contributed by atoms with Crippen molar-refractivity contribution in [3.05, 3.63) is 52.8 Å². The summed E-state index contributed by atoms with van der Waals surface area (Å²) in [6.45, 7) is 0.172. The zero-order valence-electron chi connectivity index (χ0n) is 9.88. The molecule has 0 saturated carbocycles. The van der Waals surface area contributed by atoms with Crippen molar-refractivity contribution in [1.82, 2.24) is 9.71 Å². The number of pyridine rings is 1. The first kappa shape index (κ1) is 14.0. The van der Waals surface area contributed by atoms with Crippen LogP contribution in [0.3, 0.4) is 0 Å². The number of sulfonamides is 1. The van der Waals surface area contributed by atoms with E-state index in [0.717, 1.165) is 10.0 Å². The van der Waals surface area contributed by atoms with Crippen LogP contribution in [-0.2, 0) is 16.6 Å². The van der Waals surface area contributed by atoms with E-state index in [1.165, 1.54) is 6.07 Å². The summed E-state index contributed by atoms with van der Waals surface area (Å²) in [5, 5.41) is 0. The largest absolute Gasteiger partial charge is 0.398 e. The van der Waals surface area contributed by atoms with E-state index in [1.54, 1.807) is 36.7 Å². The summed E-state index contributed by atoms with van der Waals surface area (Å²) in [7, 11) is -3.63. The SMILES string of the molecule is Nc1cc(Br)ccc1S(=O)(=O)NCc1cccnc1. The summed E-state index contributed by atoms with van der Waals surface area (Å²) in [5.41, 5.74) is 6.70. The standard InChI is InChI=1S/C12H12BrN3O2S/c13-10-3-4-12(11(14)6-10)19(17,18)16-8-9-2-1-5-15-7-9/h1-7,16H,8,14H2. The van der Waals surface area contributed by atoms with Gasteiger partial charge in [0.05, 0.1) is 5.69 Å². The molecule has 0 aliphatic carbocycles. The van der Waals surface area contributed by atoms with Gasteiger partial charge < -0.3 is 5.73 Å². The highest BCUT2D eigenvalue weighted by Crippen LogP contribution is 2.22. The van der Waals surface area contributed by atoms with Crippen molar-refractivity contribution in [3.8, 4) is 0 Å². The molecule has 0 amide bonds. The molecule has 0 spiro atoms. The van der Waals surface area contributed by atoms with Crippen LogP contribution >= 0.6 is 15.9 Å². The molecule has 5 nitrogen and oxygen atoms in total. The third kappa shape index (κ3) is 3.52. The molecule has 19 heavy (non-hydrogen) atoms. The fourth-order valence-electron chi connectivity index (χ4n) is 1.52. The quantitative estimate of drug-likeness (QED) is 0.831. The Labute approximate surface area is 120 Å². The monoisotopic (exact) mass is 341 g/mol. The van der Waals surface area contributed by atoms with Crippen molar-refractivity contribution in [2.75, 3.05) is 5.73 Å². The molecule has 0 unspecified atom stereocenters. The van der Waals surface area contributed by atoms with Gasteiger partial charge in [0.15, 0.2) is 0 Å². The maximum atomic E-state index is 12.1. The van der Waals surface area contributed by atoms with Gasteiger partial charge in [0, 0.05) is 23.4 Å². The van der Waals surface area contributed by atoms with Crippen LogP contribution in [0.2, 0.25) is 0 Å². The molecule has 2 aromatic rings. The Morgan fingerprint density at radius 3 is 2.74 bits per heavy atom. The minimum Gasteiger partial charge on any atom is -0.398 e. The number of rotatable bonds is 4. The van der Waals surface area contributed by atoms with E-state index in [1.807, 2.05) is 0 Å². The number of nitrogens with one attached hydrogen (secondary N) is 1. The Morgan fingerprint density at radius 1 is 1.32 bits per heavy atom. The van der Waals surface area contributed by atoms with Crippen molar-refractivity contribution < 1.29 is 8.42 Å². The highest BCUT2D eigenvalue weighted by molar-refractivity contribution is 9.10. The van der Waals surface area contributed by atoms with Crippen molar-refractivity contribution >= 4 is 31.6 Å². The molecule has 0 bridgehead atoms. The molecular weight excluding hydrogens is 330 g/mol. The normalized spacial score (nSPS) is 11.4. The summed E-state index contributed by atoms with van der Waals surface area (Å²) in [4.78, 5) is 3.99. The summed E-state index contributed by atoms with van der Waals surface area (Å²) in [5.74, 6) is 0. The number of nitrogens with two attached hydrogens (primary N) is 1. The van der Waals surface area contributed by atoms with E-state index in [4.69, 9.17) is 5.73 Å². The van der Waals surface area contributed by atoms with Gasteiger partial charge >= 0.3 is 0 Å². The van der Waals surface area contributed by atoms with Gasteiger partial charge in [0.1, 0.15) is 4.90 Å². The molecule has 0 radical (unpaired) electrons. The first-order valence-electron chi connectivity index (χ1n) is 5.42. The topological polar surface area (TPSA) is 85.1 Å². The maximum absolute atomic E-state index is 12.1. The Morgan fingerprint density at radius 2 is 2.11 bits per heavy atom. The minimum absolute atomic E-state index is 0.0691. The van der Waals surface area contributed by atoms with Crippen LogP contribution in [-0.4, -0.2) is 13.4 Å². The lowest BCUT2D eigenvalue weighted by atomic mass is 10.3. The molecule has 1 aromatic carbocycles. The summed E-state index contributed by atoms with van der Waals surface area (Å²) >= 11 is 3.24. The van der Waals surface area contributed by atoms with E-state index >= 15 is 0 Å². The molecule has 1 aromatic heterocycles. The lowest BCUT2D eigenvalue weighted by Gasteiger charge is -2.09. The predicted octanol–water partition coefficient (Wildman–Crippen LogP) is 1.90. The van der Waals surface area contributed by atoms with Crippen molar-refractivity contribution in [2.24, 2.45) is 0 Å². The van der Waals surface area contributed by atoms with E-state index in [2.05, 4.69) is 25.6 Å². The smallest absolute Gasteiger partial charge is 0.242 e. The zero-order valence-corrected chi connectivity index (χ0v) is 12.3. The van der Waals surface area contributed by atoms with Crippen LogP contribution in [0.4, 0.5) is 5.69 Å². The van der Waals surface area contributed by atoms with Crippen LogP contribution in [0.25, 0.3) is 0 Å². The second-order valence-corrected chi connectivity index (χ2v) is 6.52. The minimum atomic E-state index is -3.63. The molecule has 1 heterocycles. The average molecular weight is 342 g/mol. The van der Waals surface area contributed by atoms with Crippen molar-refractivity contribution in [1.29, 1.82) is 0 Å². The maximum Gasteiger partial charge on any atom is 0.242 e. The number of hydrogen-bond acceptors (Lipinski definition) is 4. The van der Waals surface area contributed by atoms with Crippen LogP contribution in [0.1, 0.15) is 5.56 Å². The predicted molar refractivity (Wildman–Crippen MR) is 76.8 cm³/mol. The number of hydrogen-bond donors (Lipinski definition) is 2. The van der Waals surface area contributed by atoms with E-state index < -0.39 is 10.0 Å². The number of anilines is 1. The van der Waals surface area contributed by atoms with Gasteiger partial charge in [-0.25, -0.2) is 13.1 Å². The first-order chi connectivity index (χ1) is 8.99. The average Bonchev–Trinajstić information content (AvgIpc) is 2.37. The molecule has 100 valence electrons. The Bertz CT molecular complexity index is 675. The van der Waals surface area contributed by atoms with Crippen LogP contribution < -0.4 is 10.5 Å². The molecule has 0 aliphatic rings.